The summed E-state index contributed by atoms with van der Waals surface area (Å²) in [7, 11) is 0. The van der Waals surface area contributed by atoms with Gasteiger partial charge in [-0.25, -0.2) is 0 Å². The average Bonchev–Trinajstić information content (AvgIpc) is 3.02. The van der Waals surface area contributed by atoms with E-state index in [1.165, 1.54) is 0 Å². The third-order valence-corrected chi connectivity index (χ3v) is 3.48. The number of nitrogens with zero attached hydrogens (tertiary/aromatic N) is 1. The topological polar surface area (TPSA) is 55.1 Å². The molecule has 0 aliphatic carbocycles. The molecular formula is C17H16N2O2. The van der Waals surface area contributed by atoms with Gasteiger partial charge in [0.25, 0.3) is 5.91 Å². The van der Waals surface area contributed by atoms with Gasteiger partial charge in [0.15, 0.2) is 0 Å². The van der Waals surface area contributed by atoms with Gasteiger partial charge in [0, 0.05) is 11.6 Å². The van der Waals surface area contributed by atoms with Crippen molar-refractivity contribution in [2.24, 2.45) is 0 Å². The molecule has 106 valence electrons. The Hall–Kier alpha value is -2.62. The summed E-state index contributed by atoms with van der Waals surface area (Å²) in [6, 6.07) is 11.3. The maximum atomic E-state index is 12.3. The zero-order chi connectivity index (χ0) is 14.7. The molecule has 1 amide bonds. The van der Waals surface area contributed by atoms with Crippen LogP contribution in [0.4, 0.5) is 0 Å². The van der Waals surface area contributed by atoms with Gasteiger partial charge < -0.3 is 9.73 Å². The monoisotopic (exact) mass is 280 g/mol. The molecule has 0 unspecified atom stereocenters. The van der Waals surface area contributed by atoms with Crippen LogP contribution >= 0.6 is 0 Å². The number of furan rings is 1. The number of pyridine rings is 1. The van der Waals surface area contributed by atoms with Crippen LogP contribution in [-0.2, 0) is 13.0 Å². The molecule has 0 aliphatic rings. The van der Waals surface area contributed by atoms with Gasteiger partial charge in [-0.05, 0) is 36.2 Å². The number of nitrogens with one attached hydrogen (secondary N) is 1. The highest BCUT2D eigenvalue weighted by molar-refractivity contribution is 6.06. The third kappa shape index (κ3) is 2.65. The molecule has 4 heteroatoms. The first-order chi connectivity index (χ1) is 10.3. The lowest BCUT2D eigenvalue weighted by atomic mass is 10.0. The lowest BCUT2D eigenvalue weighted by molar-refractivity contribution is 0.0952. The van der Waals surface area contributed by atoms with E-state index < -0.39 is 0 Å². The Labute approximate surface area is 122 Å². The van der Waals surface area contributed by atoms with E-state index in [1.807, 2.05) is 36.4 Å². The number of fused-ring (bicyclic) bond motifs is 1. The number of hydrogen-bond acceptors (Lipinski definition) is 3. The van der Waals surface area contributed by atoms with Crippen molar-refractivity contribution in [2.75, 3.05) is 0 Å². The van der Waals surface area contributed by atoms with Gasteiger partial charge in [-0.1, -0.05) is 19.1 Å². The van der Waals surface area contributed by atoms with E-state index in [0.29, 0.717) is 12.1 Å². The van der Waals surface area contributed by atoms with E-state index >= 15 is 0 Å². The Kier molecular flexibility index (Phi) is 3.69. The number of benzene rings is 1. The van der Waals surface area contributed by atoms with Gasteiger partial charge in [-0.2, -0.15) is 0 Å². The van der Waals surface area contributed by atoms with Crippen LogP contribution in [0.1, 0.15) is 28.5 Å². The Morgan fingerprint density at radius 1 is 1.24 bits per heavy atom. The molecule has 3 rings (SSSR count). The summed E-state index contributed by atoms with van der Waals surface area (Å²) in [5.74, 6) is -0.116. The fourth-order valence-electron chi connectivity index (χ4n) is 2.36. The standard InChI is InChI=1S/C17H16N2O2/c1-2-12-6-7-15(14-8-10-21-16(12)14)17(20)19-11-13-5-3-4-9-18-13/h3-10H,2,11H2,1H3,(H,19,20). The molecule has 1 aromatic carbocycles. The van der Waals surface area contributed by atoms with E-state index in [-0.39, 0.29) is 5.91 Å². The minimum atomic E-state index is -0.116. The summed E-state index contributed by atoms with van der Waals surface area (Å²) < 4.78 is 5.50. The quantitative estimate of drug-likeness (QED) is 0.797. The molecule has 0 saturated heterocycles. The summed E-state index contributed by atoms with van der Waals surface area (Å²) in [4.78, 5) is 16.5. The highest BCUT2D eigenvalue weighted by Gasteiger charge is 2.13. The van der Waals surface area contributed by atoms with Crippen LogP contribution in [0.25, 0.3) is 11.0 Å². The first-order valence-electron chi connectivity index (χ1n) is 6.96. The largest absolute Gasteiger partial charge is 0.464 e. The Balaban J connectivity index is 1.83. The minimum Gasteiger partial charge on any atom is -0.464 e. The lowest BCUT2D eigenvalue weighted by Crippen LogP contribution is -2.23. The molecule has 0 atom stereocenters. The fourth-order valence-corrected chi connectivity index (χ4v) is 2.36. The Morgan fingerprint density at radius 3 is 2.90 bits per heavy atom. The van der Waals surface area contributed by atoms with E-state index in [0.717, 1.165) is 28.6 Å². The van der Waals surface area contributed by atoms with Crippen molar-refractivity contribution in [2.45, 2.75) is 19.9 Å². The predicted molar refractivity (Wildman–Crippen MR) is 81.0 cm³/mol. The van der Waals surface area contributed by atoms with Crippen LogP contribution in [-0.4, -0.2) is 10.9 Å². The normalized spacial score (nSPS) is 10.7. The smallest absolute Gasteiger partial charge is 0.252 e. The summed E-state index contributed by atoms with van der Waals surface area (Å²) in [5.41, 5.74) is 3.37. The van der Waals surface area contributed by atoms with Gasteiger partial charge in [0.2, 0.25) is 0 Å². The zero-order valence-electron chi connectivity index (χ0n) is 11.8. The number of aromatic nitrogens is 1. The second kappa shape index (κ2) is 5.79. The van der Waals surface area contributed by atoms with Crippen LogP contribution in [0.2, 0.25) is 0 Å². The molecule has 0 bridgehead atoms. The highest BCUT2D eigenvalue weighted by atomic mass is 16.3. The average molecular weight is 280 g/mol. The van der Waals surface area contributed by atoms with Gasteiger partial charge >= 0.3 is 0 Å². The molecule has 2 aromatic heterocycles. The number of carbonyl (C=O) groups is 1. The van der Waals surface area contributed by atoms with Gasteiger partial charge in [0.1, 0.15) is 5.58 Å². The number of hydrogen-bond donors (Lipinski definition) is 1. The highest BCUT2D eigenvalue weighted by Crippen LogP contribution is 2.24. The second-order valence-electron chi connectivity index (χ2n) is 4.79. The van der Waals surface area contributed by atoms with Crippen molar-refractivity contribution >= 4 is 16.9 Å². The fraction of sp³-hybridized carbons (Fsp3) is 0.176. The Bertz CT molecular complexity index is 763. The molecule has 0 radical (unpaired) electrons. The van der Waals surface area contributed by atoms with Crippen molar-refractivity contribution in [1.29, 1.82) is 0 Å². The zero-order valence-corrected chi connectivity index (χ0v) is 11.8. The number of aryl methyl sites for hydroxylation is 1. The van der Waals surface area contributed by atoms with Crippen LogP contribution in [0.15, 0.2) is 53.3 Å². The molecule has 0 aliphatic heterocycles. The van der Waals surface area contributed by atoms with Crippen molar-refractivity contribution in [3.63, 3.8) is 0 Å². The molecule has 0 saturated carbocycles. The summed E-state index contributed by atoms with van der Waals surface area (Å²) in [6.07, 6.45) is 4.21. The van der Waals surface area contributed by atoms with Crippen molar-refractivity contribution in [3.05, 3.63) is 65.7 Å². The first kappa shape index (κ1) is 13.4. The number of rotatable bonds is 4. The van der Waals surface area contributed by atoms with Gasteiger partial charge in [-0.3, -0.25) is 9.78 Å². The molecule has 21 heavy (non-hydrogen) atoms. The third-order valence-electron chi connectivity index (χ3n) is 3.48. The molecule has 2 heterocycles. The van der Waals surface area contributed by atoms with E-state index in [2.05, 4.69) is 17.2 Å². The predicted octanol–water partition coefficient (Wildman–Crippen LogP) is 3.32. The Morgan fingerprint density at radius 2 is 2.14 bits per heavy atom. The molecule has 0 fully saturated rings. The molecule has 1 N–H and O–H groups in total. The minimum absolute atomic E-state index is 0.116. The molecule has 4 nitrogen and oxygen atoms in total. The summed E-state index contributed by atoms with van der Waals surface area (Å²) in [6.45, 7) is 2.48. The number of carbonyl (C=O) groups excluding carboxylic acids is 1. The molecular weight excluding hydrogens is 264 g/mol. The van der Waals surface area contributed by atoms with E-state index in [1.54, 1.807) is 12.5 Å². The van der Waals surface area contributed by atoms with E-state index in [4.69, 9.17) is 4.42 Å². The van der Waals surface area contributed by atoms with Crippen LogP contribution in [0.3, 0.4) is 0 Å². The van der Waals surface area contributed by atoms with E-state index in [9.17, 15) is 4.79 Å². The first-order valence-corrected chi connectivity index (χ1v) is 6.96. The maximum Gasteiger partial charge on any atom is 0.252 e. The summed E-state index contributed by atoms with van der Waals surface area (Å²) in [5, 5.41) is 3.75. The van der Waals surface area contributed by atoms with Crippen LogP contribution in [0, 0.1) is 0 Å². The lowest BCUT2D eigenvalue weighted by Gasteiger charge is -2.07. The van der Waals surface area contributed by atoms with Gasteiger partial charge in [0.05, 0.1) is 24.1 Å². The maximum absolute atomic E-state index is 12.3. The van der Waals surface area contributed by atoms with Crippen molar-refractivity contribution in [3.8, 4) is 0 Å². The number of amides is 1. The molecule has 3 aromatic rings. The van der Waals surface area contributed by atoms with Crippen LogP contribution in [0.5, 0.6) is 0 Å². The van der Waals surface area contributed by atoms with Gasteiger partial charge in [-0.15, -0.1) is 0 Å². The van der Waals surface area contributed by atoms with Crippen LogP contribution < -0.4 is 5.32 Å². The van der Waals surface area contributed by atoms with Crippen molar-refractivity contribution in [1.82, 2.24) is 10.3 Å². The summed E-state index contributed by atoms with van der Waals surface area (Å²) >= 11 is 0. The second-order valence-corrected chi connectivity index (χ2v) is 4.79. The van der Waals surface area contributed by atoms with Crippen molar-refractivity contribution < 1.29 is 9.21 Å². The SMILES string of the molecule is CCc1ccc(C(=O)NCc2ccccn2)c2ccoc12. The molecule has 0 spiro atoms.